The van der Waals surface area contributed by atoms with E-state index in [4.69, 9.17) is 11.6 Å². The van der Waals surface area contributed by atoms with Gasteiger partial charge >= 0.3 is 0 Å². The van der Waals surface area contributed by atoms with Crippen molar-refractivity contribution in [2.75, 3.05) is 5.75 Å². The summed E-state index contributed by atoms with van der Waals surface area (Å²) in [6.45, 7) is 11.0. The Bertz CT molecular complexity index is 1140. The summed E-state index contributed by atoms with van der Waals surface area (Å²) < 4.78 is 26.0. The summed E-state index contributed by atoms with van der Waals surface area (Å²) in [5.41, 5.74) is 2.15. The van der Waals surface area contributed by atoms with Crippen molar-refractivity contribution in [2.45, 2.75) is 70.3 Å². The minimum Gasteiger partial charge on any atom is -0.386 e. The maximum Gasteiger partial charge on any atom is 0.185 e. The van der Waals surface area contributed by atoms with Crippen LogP contribution in [0.25, 0.3) is 0 Å². The fraction of sp³-hybridized carbons (Fsp3) is 0.440. The fourth-order valence-electron chi connectivity index (χ4n) is 3.66. The molecule has 0 fully saturated rings. The van der Waals surface area contributed by atoms with Gasteiger partial charge in [0.2, 0.25) is 0 Å². The van der Waals surface area contributed by atoms with E-state index < -0.39 is 27.0 Å². The van der Waals surface area contributed by atoms with Gasteiger partial charge in [-0.15, -0.1) is 0 Å². The molecule has 2 rings (SSSR count). The van der Waals surface area contributed by atoms with Crippen molar-refractivity contribution in [1.29, 1.82) is 5.26 Å². The van der Waals surface area contributed by atoms with Gasteiger partial charge in [-0.2, -0.15) is 5.26 Å². The van der Waals surface area contributed by atoms with Gasteiger partial charge in [0, 0.05) is 11.4 Å². The van der Waals surface area contributed by atoms with E-state index in [0.29, 0.717) is 11.1 Å². The van der Waals surface area contributed by atoms with Gasteiger partial charge in [-0.3, -0.25) is 4.79 Å². The summed E-state index contributed by atoms with van der Waals surface area (Å²) in [6.07, 6.45) is -0.0368. The minimum atomic E-state index is -3.96. The Balaban J connectivity index is 2.43. The van der Waals surface area contributed by atoms with Gasteiger partial charge in [-0.25, -0.2) is 8.42 Å². The standard InChI is InChI=1S/C25H30ClNO4S/c1-15(2)22-7-17(13-27)8-23(16(3)4)24(22)12-20(28)14-32(30,31)21-10-18(25(5,6)29)9-19(26)11-21/h7-11,15-16,29H,12,14H2,1-6H3. The first-order valence-electron chi connectivity index (χ1n) is 10.5. The highest BCUT2D eigenvalue weighted by atomic mass is 35.5. The number of benzene rings is 2. The van der Waals surface area contributed by atoms with E-state index in [2.05, 4.69) is 6.07 Å². The van der Waals surface area contributed by atoms with Crippen LogP contribution >= 0.6 is 11.6 Å². The third-order valence-corrected chi connectivity index (χ3v) is 7.23. The molecule has 2 aromatic rings. The van der Waals surface area contributed by atoms with Crippen molar-refractivity contribution < 1.29 is 18.3 Å². The topological polar surface area (TPSA) is 95.2 Å². The van der Waals surface area contributed by atoms with Gasteiger partial charge in [-0.1, -0.05) is 39.3 Å². The molecule has 0 amide bonds. The van der Waals surface area contributed by atoms with E-state index in [1.54, 1.807) is 12.1 Å². The van der Waals surface area contributed by atoms with Gasteiger partial charge < -0.3 is 5.11 Å². The third kappa shape index (κ3) is 6.19. The number of hydrogen-bond acceptors (Lipinski definition) is 5. The Hall–Kier alpha value is -2.20. The lowest BCUT2D eigenvalue weighted by Gasteiger charge is -2.20. The zero-order valence-electron chi connectivity index (χ0n) is 19.4. The summed E-state index contributed by atoms with van der Waals surface area (Å²) in [7, 11) is -3.96. The Morgan fingerprint density at radius 2 is 1.59 bits per heavy atom. The molecule has 7 heteroatoms. The summed E-state index contributed by atoms with van der Waals surface area (Å²) in [6, 6.07) is 9.87. The molecule has 0 aromatic heterocycles. The molecular formula is C25H30ClNO4S. The number of hydrogen-bond donors (Lipinski definition) is 1. The number of nitriles is 1. The van der Waals surface area contributed by atoms with Crippen LogP contribution in [0.5, 0.6) is 0 Å². The number of carbonyl (C=O) groups is 1. The molecule has 0 heterocycles. The fourth-order valence-corrected chi connectivity index (χ4v) is 5.26. The van der Waals surface area contributed by atoms with Crippen molar-refractivity contribution >= 4 is 27.2 Å². The van der Waals surface area contributed by atoms with Gasteiger partial charge in [0.25, 0.3) is 0 Å². The van der Waals surface area contributed by atoms with Crippen molar-refractivity contribution in [2.24, 2.45) is 0 Å². The molecule has 0 radical (unpaired) electrons. The molecule has 0 bridgehead atoms. The first-order chi connectivity index (χ1) is 14.7. The lowest BCUT2D eigenvalue weighted by atomic mass is 9.85. The molecule has 0 saturated heterocycles. The summed E-state index contributed by atoms with van der Waals surface area (Å²) >= 11 is 6.08. The van der Waals surface area contributed by atoms with Crippen LogP contribution in [0.1, 0.15) is 81.2 Å². The van der Waals surface area contributed by atoms with Crippen LogP contribution in [0, 0.1) is 11.3 Å². The predicted molar refractivity (Wildman–Crippen MR) is 127 cm³/mol. The SMILES string of the molecule is CC(C)c1cc(C#N)cc(C(C)C)c1CC(=O)CS(=O)(=O)c1cc(Cl)cc(C(C)(C)O)c1. The van der Waals surface area contributed by atoms with Gasteiger partial charge in [0.1, 0.15) is 5.75 Å². The van der Waals surface area contributed by atoms with Crippen molar-refractivity contribution in [3.8, 4) is 6.07 Å². The second-order valence-corrected chi connectivity index (χ2v) is 11.7. The van der Waals surface area contributed by atoms with E-state index in [0.717, 1.165) is 16.7 Å². The van der Waals surface area contributed by atoms with E-state index in [9.17, 15) is 23.6 Å². The smallest absolute Gasteiger partial charge is 0.185 e. The second-order valence-electron chi connectivity index (χ2n) is 9.26. The van der Waals surface area contributed by atoms with Crippen molar-refractivity contribution in [3.05, 3.63) is 63.2 Å². The summed E-state index contributed by atoms with van der Waals surface area (Å²) in [5, 5.41) is 19.8. The Morgan fingerprint density at radius 1 is 1.06 bits per heavy atom. The normalized spacial score (nSPS) is 12.3. The van der Waals surface area contributed by atoms with Crippen LogP contribution in [0.4, 0.5) is 0 Å². The number of rotatable bonds is 8. The number of carbonyl (C=O) groups excluding carboxylic acids is 1. The maximum absolute atomic E-state index is 13.0. The van der Waals surface area contributed by atoms with E-state index in [1.165, 1.54) is 32.0 Å². The molecule has 32 heavy (non-hydrogen) atoms. The van der Waals surface area contributed by atoms with Gasteiger partial charge in [0.15, 0.2) is 15.6 Å². The Kier molecular flexibility index (Phi) is 7.93. The van der Waals surface area contributed by atoms with Crippen molar-refractivity contribution in [1.82, 2.24) is 0 Å². The molecule has 0 aliphatic heterocycles. The number of sulfone groups is 1. The molecule has 172 valence electrons. The summed E-state index contributed by atoms with van der Waals surface area (Å²) in [5.74, 6) is -0.971. The highest BCUT2D eigenvalue weighted by Crippen LogP contribution is 2.31. The predicted octanol–water partition coefficient (Wildman–Crippen LogP) is 5.27. The van der Waals surface area contributed by atoms with E-state index >= 15 is 0 Å². The highest BCUT2D eigenvalue weighted by molar-refractivity contribution is 7.92. The quantitative estimate of drug-likeness (QED) is 0.561. The molecule has 2 aromatic carbocycles. The second kappa shape index (κ2) is 9.74. The molecule has 5 nitrogen and oxygen atoms in total. The van der Waals surface area contributed by atoms with Gasteiger partial charge in [-0.05, 0) is 78.3 Å². The average Bonchev–Trinajstić information content (AvgIpc) is 2.65. The number of ketones is 1. The molecule has 1 N–H and O–H groups in total. The molecule has 0 aliphatic carbocycles. The van der Waals surface area contributed by atoms with Gasteiger partial charge in [0.05, 0.1) is 22.1 Å². The van der Waals surface area contributed by atoms with Crippen LogP contribution in [0.3, 0.4) is 0 Å². The lowest BCUT2D eigenvalue weighted by Crippen LogP contribution is -2.21. The van der Waals surface area contributed by atoms with E-state index in [1.807, 2.05) is 27.7 Å². The first kappa shape index (κ1) is 26.1. The van der Waals surface area contributed by atoms with E-state index in [-0.39, 0.29) is 28.2 Å². The van der Waals surface area contributed by atoms with Crippen LogP contribution in [-0.4, -0.2) is 25.1 Å². The number of nitrogens with zero attached hydrogens (tertiary/aromatic N) is 1. The zero-order valence-corrected chi connectivity index (χ0v) is 20.9. The Labute approximate surface area is 196 Å². The molecule has 0 spiro atoms. The third-order valence-electron chi connectivity index (χ3n) is 5.35. The molecule has 0 atom stereocenters. The van der Waals surface area contributed by atoms with Crippen molar-refractivity contribution in [3.63, 3.8) is 0 Å². The first-order valence-corrected chi connectivity index (χ1v) is 12.5. The van der Waals surface area contributed by atoms with Crippen LogP contribution < -0.4 is 0 Å². The summed E-state index contributed by atoms with van der Waals surface area (Å²) in [4.78, 5) is 12.9. The van der Waals surface area contributed by atoms with Crippen LogP contribution in [0.2, 0.25) is 5.02 Å². The monoisotopic (exact) mass is 475 g/mol. The zero-order chi connectivity index (χ0) is 24.4. The molecule has 0 saturated carbocycles. The largest absolute Gasteiger partial charge is 0.386 e. The molecule has 0 unspecified atom stereocenters. The number of Topliss-reactive ketones (excluding diaryl/α,β-unsaturated/α-hetero) is 1. The average molecular weight is 476 g/mol. The lowest BCUT2D eigenvalue weighted by molar-refractivity contribution is -0.116. The number of aliphatic hydroxyl groups is 1. The minimum absolute atomic E-state index is 0.0368. The van der Waals surface area contributed by atoms with Crippen LogP contribution in [0.15, 0.2) is 35.2 Å². The molecular weight excluding hydrogens is 446 g/mol. The molecule has 0 aliphatic rings. The number of halogens is 1. The Morgan fingerprint density at radius 3 is 2.03 bits per heavy atom. The maximum atomic E-state index is 13.0. The highest BCUT2D eigenvalue weighted by Gasteiger charge is 2.26. The van der Waals surface area contributed by atoms with Crippen LogP contribution in [-0.2, 0) is 26.7 Å².